The van der Waals surface area contributed by atoms with Crippen LogP contribution in [0.5, 0.6) is 0 Å². The van der Waals surface area contributed by atoms with Gasteiger partial charge in [-0.1, -0.05) is 17.7 Å². The minimum absolute atomic E-state index is 0.661. The van der Waals surface area contributed by atoms with E-state index < -0.39 is 0 Å². The number of nitrogens with one attached hydrogen (secondary N) is 1. The Morgan fingerprint density at radius 1 is 1.33 bits per heavy atom. The molecule has 0 radical (unpaired) electrons. The molecule has 0 fully saturated rings. The third-order valence-corrected chi connectivity index (χ3v) is 4.11. The van der Waals surface area contributed by atoms with Crippen LogP contribution in [0.2, 0.25) is 5.02 Å². The van der Waals surface area contributed by atoms with Crippen LogP contribution in [-0.4, -0.2) is 4.98 Å². The second-order valence-corrected chi connectivity index (χ2v) is 5.29. The van der Waals surface area contributed by atoms with E-state index in [1.807, 2.05) is 32.0 Å². The Labute approximate surface area is 119 Å². The third-order valence-electron chi connectivity index (χ3n) is 2.74. The molecule has 3 nitrogen and oxygen atoms in total. The lowest BCUT2D eigenvalue weighted by Gasteiger charge is -2.11. The first kappa shape index (κ1) is 13.2. The van der Waals surface area contributed by atoms with Crippen molar-refractivity contribution in [3.8, 4) is 0 Å². The van der Waals surface area contributed by atoms with Crippen molar-refractivity contribution in [2.45, 2.75) is 13.8 Å². The molecule has 94 valence electrons. The molecule has 2 rings (SSSR count). The molecule has 0 aliphatic carbocycles. The van der Waals surface area contributed by atoms with Crippen LogP contribution in [0.1, 0.15) is 11.1 Å². The fourth-order valence-electron chi connectivity index (χ4n) is 1.49. The molecule has 0 aliphatic heterocycles. The van der Waals surface area contributed by atoms with Crippen LogP contribution >= 0.6 is 27.5 Å². The molecule has 0 saturated carbocycles. The summed E-state index contributed by atoms with van der Waals surface area (Å²) in [7, 11) is 0. The molecule has 0 saturated heterocycles. The van der Waals surface area contributed by atoms with Crippen molar-refractivity contribution in [1.82, 2.24) is 4.98 Å². The molecular formula is C13H13BrClN3. The van der Waals surface area contributed by atoms with Crippen molar-refractivity contribution in [3.05, 3.63) is 45.0 Å². The number of rotatable bonds is 2. The van der Waals surface area contributed by atoms with E-state index in [-0.39, 0.29) is 0 Å². The summed E-state index contributed by atoms with van der Waals surface area (Å²) in [5.41, 5.74) is 9.35. The molecule has 1 aromatic carbocycles. The summed E-state index contributed by atoms with van der Waals surface area (Å²) in [5, 5.41) is 3.94. The summed E-state index contributed by atoms with van der Waals surface area (Å²) >= 11 is 9.57. The van der Waals surface area contributed by atoms with E-state index in [0.717, 1.165) is 32.1 Å². The average molecular weight is 327 g/mol. The number of nitrogen functional groups attached to an aromatic ring is 1. The van der Waals surface area contributed by atoms with Gasteiger partial charge in [0.1, 0.15) is 5.82 Å². The van der Waals surface area contributed by atoms with Gasteiger partial charge in [-0.15, -0.1) is 0 Å². The van der Waals surface area contributed by atoms with Crippen molar-refractivity contribution < 1.29 is 0 Å². The normalized spacial score (nSPS) is 10.4. The summed E-state index contributed by atoms with van der Waals surface area (Å²) in [4.78, 5) is 4.26. The lowest BCUT2D eigenvalue weighted by atomic mass is 10.2. The number of aromatic nitrogens is 1. The number of benzene rings is 1. The van der Waals surface area contributed by atoms with Gasteiger partial charge in [0.25, 0.3) is 0 Å². The van der Waals surface area contributed by atoms with Gasteiger partial charge in [0, 0.05) is 10.7 Å². The summed E-state index contributed by atoms with van der Waals surface area (Å²) in [6.07, 6.45) is 1.64. The minimum Gasteiger partial charge on any atom is -0.397 e. The molecule has 0 spiro atoms. The lowest BCUT2D eigenvalue weighted by Crippen LogP contribution is -1.99. The molecule has 2 aromatic rings. The maximum Gasteiger partial charge on any atom is 0.145 e. The Bertz CT molecular complexity index is 599. The van der Waals surface area contributed by atoms with E-state index in [9.17, 15) is 0 Å². The van der Waals surface area contributed by atoms with E-state index in [0.29, 0.717) is 5.69 Å². The molecule has 5 heteroatoms. The van der Waals surface area contributed by atoms with E-state index in [2.05, 4.69) is 26.2 Å². The molecule has 0 aliphatic rings. The van der Waals surface area contributed by atoms with Gasteiger partial charge in [0.05, 0.1) is 16.4 Å². The molecule has 18 heavy (non-hydrogen) atoms. The van der Waals surface area contributed by atoms with Gasteiger partial charge in [-0.2, -0.15) is 0 Å². The number of hydrogen-bond donors (Lipinski definition) is 2. The number of pyridine rings is 1. The molecular weight excluding hydrogens is 314 g/mol. The van der Waals surface area contributed by atoms with Gasteiger partial charge >= 0.3 is 0 Å². The maximum absolute atomic E-state index is 6.08. The van der Waals surface area contributed by atoms with Crippen molar-refractivity contribution in [2.75, 3.05) is 11.1 Å². The standard InChI is InChI=1S/C13H13BrClN3/c1-7-3-4-9(5-10(7)15)18-13-12(14)8(2)11(16)6-17-13/h3-6H,16H2,1-2H3,(H,17,18). The Balaban J connectivity index is 2.34. The number of anilines is 3. The summed E-state index contributed by atoms with van der Waals surface area (Å²) in [5.74, 6) is 0.724. The second kappa shape index (κ2) is 5.16. The van der Waals surface area contributed by atoms with Crippen molar-refractivity contribution >= 4 is 44.7 Å². The van der Waals surface area contributed by atoms with Gasteiger partial charge in [-0.3, -0.25) is 0 Å². The third kappa shape index (κ3) is 2.60. The average Bonchev–Trinajstić information content (AvgIpc) is 2.34. The van der Waals surface area contributed by atoms with Crippen LogP contribution in [0.3, 0.4) is 0 Å². The van der Waals surface area contributed by atoms with Gasteiger partial charge < -0.3 is 11.1 Å². The number of nitrogens with zero attached hydrogens (tertiary/aromatic N) is 1. The zero-order chi connectivity index (χ0) is 13.3. The van der Waals surface area contributed by atoms with Gasteiger partial charge in [0.15, 0.2) is 0 Å². The molecule has 0 amide bonds. The first-order valence-electron chi connectivity index (χ1n) is 5.43. The predicted octanol–water partition coefficient (Wildman–Crippen LogP) is 4.44. The molecule has 1 aromatic heterocycles. The highest BCUT2D eigenvalue weighted by Gasteiger charge is 2.08. The highest BCUT2D eigenvalue weighted by atomic mass is 79.9. The Hall–Kier alpha value is -1.26. The van der Waals surface area contributed by atoms with Gasteiger partial charge in [-0.25, -0.2) is 4.98 Å². The second-order valence-electron chi connectivity index (χ2n) is 4.09. The smallest absolute Gasteiger partial charge is 0.145 e. The first-order valence-corrected chi connectivity index (χ1v) is 6.60. The largest absolute Gasteiger partial charge is 0.397 e. The van der Waals surface area contributed by atoms with E-state index >= 15 is 0 Å². The Morgan fingerprint density at radius 3 is 2.72 bits per heavy atom. The van der Waals surface area contributed by atoms with Crippen LogP contribution in [0, 0.1) is 13.8 Å². The first-order chi connectivity index (χ1) is 8.49. The zero-order valence-electron chi connectivity index (χ0n) is 10.1. The van der Waals surface area contributed by atoms with E-state index in [1.54, 1.807) is 6.20 Å². The zero-order valence-corrected chi connectivity index (χ0v) is 12.4. The van der Waals surface area contributed by atoms with Crippen LogP contribution in [0.15, 0.2) is 28.9 Å². The van der Waals surface area contributed by atoms with Crippen molar-refractivity contribution in [2.24, 2.45) is 0 Å². The fourth-order valence-corrected chi connectivity index (χ4v) is 2.10. The van der Waals surface area contributed by atoms with Crippen molar-refractivity contribution in [1.29, 1.82) is 0 Å². The summed E-state index contributed by atoms with van der Waals surface area (Å²) < 4.78 is 0.860. The SMILES string of the molecule is Cc1ccc(Nc2ncc(N)c(C)c2Br)cc1Cl. The van der Waals surface area contributed by atoms with Crippen LogP contribution in [-0.2, 0) is 0 Å². The monoisotopic (exact) mass is 325 g/mol. The van der Waals surface area contributed by atoms with Gasteiger partial charge in [-0.05, 0) is 53.0 Å². The predicted molar refractivity (Wildman–Crippen MR) is 80.6 cm³/mol. The minimum atomic E-state index is 0.661. The number of hydrogen-bond acceptors (Lipinski definition) is 3. The molecule has 3 N–H and O–H groups in total. The molecule has 1 heterocycles. The van der Waals surface area contributed by atoms with Gasteiger partial charge in [0.2, 0.25) is 0 Å². The molecule has 0 bridgehead atoms. The summed E-state index contributed by atoms with van der Waals surface area (Å²) in [6.45, 7) is 3.90. The Morgan fingerprint density at radius 2 is 2.06 bits per heavy atom. The highest BCUT2D eigenvalue weighted by molar-refractivity contribution is 9.10. The van der Waals surface area contributed by atoms with Crippen LogP contribution < -0.4 is 11.1 Å². The van der Waals surface area contributed by atoms with Crippen molar-refractivity contribution in [3.63, 3.8) is 0 Å². The number of nitrogens with two attached hydrogens (primary N) is 1. The van der Waals surface area contributed by atoms with E-state index in [1.165, 1.54) is 0 Å². The number of aryl methyl sites for hydroxylation is 1. The quantitative estimate of drug-likeness (QED) is 0.857. The Kier molecular flexibility index (Phi) is 3.78. The summed E-state index contributed by atoms with van der Waals surface area (Å²) in [6, 6.07) is 5.79. The van der Waals surface area contributed by atoms with E-state index in [4.69, 9.17) is 17.3 Å². The highest BCUT2D eigenvalue weighted by Crippen LogP contribution is 2.30. The van der Waals surface area contributed by atoms with Crippen LogP contribution in [0.25, 0.3) is 0 Å². The topological polar surface area (TPSA) is 50.9 Å². The van der Waals surface area contributed by atoms with Crippen LogP contribution in [0.4, 0.5) is 17.2 Å². The molecule has 0 unspecified atom stereocenters. The maximum atomic E-state index is 6.08. The molecule has 0 atom stereocenters. The number of halogens is 2. The fraction of sp³-hybridized carbons (Fsp3) is 0.154. The lowest BCUT2D eigenvalue weighted by molar-refractivity contribution is 1.25.